The normalized spacial score (nSPS) is 26.3. The van der Waals surface area contributed by atoms with Crippen LogP contribution in [-0.2, 0) is 13.0 Å². The van der Waals surface area contributed by atoms with Crippen LogP contribution in [0.15, 0.2) is 24.3 Å². The smallest absolute Gasteiger partial charge is 0.112 e. The maximum absolute atomic E-state index is 11.2. The van der Waals surface area contributed by atoms with Gasteiger partial charge in [-0.2, -0.15) is 0 Å². The molecule has 1 heterocycles. The average molecular weight is 286 g/mol. The zero-order valence-electron chi connectivity index (χ0n) is 13.2. The molecule has 1 aromatic heterocycles. The fraction of sp³-hybridized carbons (Fsp3) is 0.611. The van der Waals surface area contributed by atoms with Crippen LogP contribution >= 0.6 is 0 Å². The molecule has 0 saturated heterocycles. The van der Waals surface area contributed by atoms with Crippen molar-refractivity contribution in [2.24, 2.45) is 5.92 Å². The summed E-state index contributed by atoms with van der Waals surface area (Å²) in [6, 6.07) is 8.28. The first-order chi connectivity index (χ1) is 10.2. The Labute approximate surface area is 127 Å². The Bertz CT molecular complexity index is 619. The standard InChI is InChI=1S/C18H26N2O/c1-3-14-9-7-8-12-18(14,21)13-17-19-15-10-5-6-11-16(15)20(17)4-2/h5-6,10-11,14,21H,3-4,7-9,12-13H2,1-2H3. The number of benzene rings is 1. The lowest BCUT2D eigenvalue weighted by Gasteiger charge is -2.39. The van der Waals surface area contributed by atoms with Crippen molar-refractivity contribution in [1.82, 2.24) is 9.55 Å². The van der Waals surface area contributed by atoms with Gasteiger partial charge in [0.25, 0.3) is 0 Å². The minimum absolute atomic E-state index is 0.413. The average Bonchev–Trinajstić information content (AvgIpc) is 2.84. The summed E-state index contributed by atoms with van der Waals surface area (Å²) in [7, 11) is 0. The fourth-order valence-electron chi connectivity index (χ4n) is 4.00. The summed E-state index contributed by atoms with van der Waals surface area (Å²) in [6.07, 6.45) is 6.21. The molecule has 1 aromatic carbocycles. The summed E-state index contributed by atoms with van der Waals surface area (Å²) in [5.74, 6) is 1.46. The Kier molecular flexibility index (Phi) is 4.03. The maximum Gasteiger partial charge on any atom is 0.112 e. The van der Waals surface area contributed by atoms with Gasteiger partial charge in [-0.3, -0.25) is 0 Å². The van der Waals surface area contributed by atoms with Crippen molar-refractivity contribution in [2.75, 3.05) is 0 Å². The van der Waals surface area contributed by atoms with Gasteiger partial charge in [-0.05, 0) is 37.8 Å². The van der Waals surface area contributed by atoms with Crippen molar-refractivity contribution in [3.8, 4) is 0 Å². The van der Waals surface area contributed by atoms with Crippen molar-refractivity contribution in [3.63, 3.8) is 0 Å². The molecule has 3 rings (SSSR count). The van der Waals surface area contributed by atoms with E-state index in [4.69, 9.17) is 4.98 Å². The van der Waals surface area contributed by atoms with Crippen molar-refractivity contribution in [2.45, 2.75) is 64.5 Å². The van der Waals surface area contributed by atoms with E-state index >= 15 is 0 Å². The number of nitrogens with zero attached hydrogens (tertiary/aromatic N) is 2. The molecular formula is C18H26N2O. The van der Waals surface area contributed by atoms with E-state index in [0.29, 0.717) is 12.3 Å². The van der Waals surface area contributed by atoms with Crippen molar-refractivity contribution < 1.29 is 5.11 Å². The Morgan fingerprint density at radius 1 is 1.29 bits per heavy atom. The number of para-hydroxylation sites is 2. The third kappa shape index (κ3) is 2.59. The third-order valence-electron chi connectivity index (χ3n) is 5.18. The van der Waals surface area contributed by atoms with Gasteiger partial charge in [0.15, 0.2) is 0 Å². The molecule has 0 bridgehead atoms. The lowest BCUT2D eigenvalue weighted by Crippen LogP contribution is -2.43. The second-order valence-electron chi connectivity index (χ2n) is 6.39. The van der Waals surface area contributed by atoms with E-state index in [2.05, 4.69) is 36.6 Å². The summed E-state index contributed by atoms with van der Waals surface area (Å²) >= 11 is 0. The molecule has 3 nitrogen and oxygen atoms in total. The maximum atomic E-state index is 11.2. The van der Waals surface area contributed by atoms with Gasteiger partial charge in [0.1, 0.15) is 5.82 Å². The molecule has 0 amide bonds. The number of rotatable bonds is 4. The highest BCUT2D eigenvalue weighted by molar-refractivity contribution is 5.75. The van der Waals surface area contributed by atoms with E-state index in [0.717, 1.165) is 43.6 Å². The molecular weight excluding hydrogens is 260 g/mol. The quantitative estimate of drug-likeness (QED) is 0.924. The van der Waals surface area contributed by atoms with Gasteiger partial charge in [-0.15, -0.1) is 0 Å². The SMILES string of the molecule is CCC1CCCCC1(O)Cc1nc2ccccc2n1CC. The van der Waals surface area contributed by atoms with Gasteiger partial charge < -0.3 is 9.67 Å². The third-order valence-corrected chi connectivity index (χ3v) is 5.18. The Morgan fingerprint density at radius 3 is 2.86 bits per heavy atom. The van der Waals surface area contributed by atoms with Crippen LogP contribution in [0.4, 0.5) is 0 Å². The number of aromatic nitrogens is 2. The lowest BCUT2D eigenvalue weighted by molar-refractivity contribution is -0.0509. The first-order valence-corrected chi connectivity index (χ1v) is 8.34. The summed E-state index contributed by atoms with van der Waals surface area (Å²) in [6.45, 7) is 5.26. The van der Waals surface area contributed by atoms with Crippen LogP contribution in [0.3, 0.4) is 0 Å². The number of fused-ring (bicyclic) bond motifs is 1. The van der Waals surface area contributed by atoms with Crippen LogP contribution in [0, 0.1) is 5.92 Å². The van der Waals surface area contributed by atoms with Crippen molar-refractivity contribution in [3.05, 3.63) is 30.1 Å². The summed E-state index contributed by atoms with van der Waals surface area (Å²) in [4.78, 5) is 4.79. The molecule has 1 fully saturated rings. The Balaban J connectivity index is 1.96. The van der Waals surface area contributed by atoms with Crippen LogP contribution in [0.5, 0.6) is 0 Å². The van der Waals surface area contributed by atoms with E-state index in [1.54, 1.807) is 0 Å². The zero-order valence-corrected chi connectivity index (χ0v) is 13.2. The highest BCUT2D eigenvalue weighted by Crippen LogP contribution is 2.38. The summed E-state index contributed by atoms with van der Waals surface area (Å²) in [5.41, 5.74) is 1.66. The lowest BCUT2D eigenvalue weighted by atomic mass is 9.72. The highest BCUT2D eigenvalue weighted by atomic mass is 16.3. The van der Waals surface area contributed by atoms with Crippen LogP contribution in [-0.4, -0.2) is 20.3 Å². The Hall–Kier alpha value is -1.35. The first kappa shape index (κ1) is 14.6. The largest absolute Gasteiger partial charge is 0.389 e. The predicted molar refractivity (Wildman–Crippen MR) is 86.3 cm³/mol. The molecule has 1 saturated carbocycles. The molecule has 114 valence electrons. The summed E-state index contributed by atoms with van der Waals surface area (Å²) in [5, 5.41) is 11.2. The van der Waals surface area contributed by atoms with E-state index in [1.807, 2.05) is 6.07 Å². The van der Waals surface area contributed by atoms with E-state index in [1.165, 1.54) is 11.9 Å². The summed E-state index contributed by atoms with van der Waals surface area (Å²) < 4.78 is 2.26. The van der Waals surface area contributed by atoms with Gasteiger partial charge in [0.05, 0.1) is 16.6 Å². The number of aliphatic hydroxyl groups is 1. The first-order valence-electron chi connectivity index (χ1n) is 8.34. The second-order valence-corrected chi connectivity index (χ2v) is 6.39. The molecule has 1 aliphatic rings. The highest BCUT2D eigenvalue weighted by Gasteiger charge is 2.39. The van der Waals surface area contributed by atoms with Crippen LogP contribution in [0.25, 0.3) is 11.0 Å². The molecule has 1 aliphatic carbocycles. The van der Waals surface area contributed by atoms with Gasteiger partial charge >= 0.3 is 0 Å². The van der Waals surface area contributed by atoms with Gasteiger partial charge in [0, 0.05) is 13.0 Å². The minimum Gasteiger partial charge on any atom is -0.389 e. The molecule has 1 N–H and O–H groups in total. The minimum atomic E-state index is -0.568. The van der Waals surface area contributed by atoms with Gasteiger partial charge in [-0.25, -0.2) is 4.98 Å². The molecule has 0 aliphatic heterocycles. The number of aryl methyl sites for hydroxylation is 1. The van der Waals surface area contributed by atoms with Crippen molar-refractivity contribution >= 4 is 11.0 Å². The molecule has 2 atom stereocenters. The molecule has 2 aromatic rings. The molecule has 0 radical (unpaired) electrons. The second kappa shape index (κ2) is 5.80. The Morgan fingerprint density at radius 2 is 2.10 bits per heavy atom. The molecule has 21 heavy (non-hydrogen) atoms. The van der Waals surface area contributed by atoms with Crippen LogP contribution < -0.4 is 0 Å². The van der Waals surface area contributed by atoms with E-state index < -0.39 is 5.60 Å². The fourth-order valence-corrected chi connectivity index (χ4v) is 4.00. The molecule has 0 spiro atoms. The molecule has 3 heteroatoms. The topological polar surface area (TPSA) is 38.1 Å². The number of hydrogen-bond acceptors (Lipinski definition) is 2. The zero-order chi connectivity index (χ0) is 14.9. The van der Waals surface area contributed by atoms with Gasteiger partial charge in [0.2, 0.25) is 0 Å². The molecule has 2 unspecified atom stereocenters. The van der Waals surface area contributed by atoms with Gasteiger partial charge in [-0.1, -0.05) is 38.3 Å². The van der Waals surface area contributed by atoms with Crippen LogP contribution in [0.2, 0.25) is 0 Å². The number of hydrogen-bond donors (Lipinski definition) is 1. The van der Waals surface area contributed by atoms with Crippen molar-refractivity contribution in [1.29, 1.82) is 0 Å². The van der Waals surface area contributed by atoms with Crippen LogP contribution in [0.1, 0.15) is 51.8 Å². The van der Waals surface area contributed by atoms with E-state index in [9.17, 15) is 5.11 Å². The monoisotopic (exact) mass is 286 g/mol. The number of imidazole rings is 1. The predicted octanol–water partition coefficient (Wildman–Crippen LogP) is 3.93. The van der Waals surface area contributed by atoms with E-state index in [-0.39, 0.29) is 0 Å².